The number of hydrogen-bond acceptors (Lipinski definition) is 4. The van der Waals surface area contributed by atoms with Crippen LogP contribution in [0.2, 0.25) is 0 Å². The molecule has 0 spiro atoms. The molecule has 0 radical (unpaired) electrons. The number of hydrogen-bond donors (Lipinski definition) is 3. The summed E-state index contributed by atoms with van der Waals surface area (Å²) >= 11 is 0. The molecule has 4 nitrogen and oxygen atoms in total. The van der Waals surface area contributed by atoms with Crippen LogP contribution in [0.5, 0.6) is 0 Å². The van der Waals surface area contributed by atoms with Gasteiger partial charge >= 0.3 is 0 Å². The first-order chi connectivity index (χ1) is 8.11. The average Bonchev–Trinajstić information content (AvgIpc) is 2.34. The highest BCUT2D eigenvalue weighted by Gasteiger charge is 2.14. The maximum Gasteiger partial charge on any atom is 0.119 e. The van der Waals surface area contributed by atoms with E-state index in [0.29, 0.717) is 6.42 Å². The Balaban J connectivity index is 4.41. The molecule has 0 aliphatic heterocycles. The lowest BCUT2D eigenvalue weighted by molar-refractivity contribution is 0.0528. The normalized spacial score (nSPS) is 15.4. The lowest BCUT2D eigenvalue weighted by Gasteiger charge is -2.15. The molecule has 0 saturated carbocycles. The van der Waals surface area contributed by atoms with Crippen LogP contribution in [0.1, 0.15) is 20.3 Å². The summed E-state index contributed by atoms with van der Waals surface area (Å²) < 4.78 is 4.94. The number of allylic oxidation sites excluding steroid dienone is 1. The molecule has 0 saturated heterocycles. The number of aliphatic hydroxyl groups is 1. The number of methoxy groups -OCH3 is 1. The van der Waals surface area contributed by atoms with E-state index in [1.165, 1.54) is 7.11 Å². The van der Waals surface area contributed by atoms with Crippen molar-refractivity contribution in [3.8, 4) is 23.7 Å². The summed E-state index contributed by atoms with van der Waals surface area (Å²) in [7, 11) is 1.52. The van der Waals surface area contributed by atoms with E-state index in [1.807, 2.05) is 6.92 Å². The SMILES string of the molecule is C/C=C\C(C)(C#CC#CCC(CO)OC)NO. The van der Waals surface area contributed by atoms with Crippen molar-refractivity contribution < 1.29 is 15.1 Å². The van der Waals surface area contributed by atoms with Gasteiger partial charge in [0.25, 0.3) is 0 Å². The van der Waals surface area contributed by atoms with Gasteiger partial charge in [0.15, 0.2) is 0 Å². The maximum atomic E-state index is 8.93. The predicted molar refractivity (Wildman–Crippen MR) is 66.2 cm³/mol. The van der Waals surface area contributed by atoms with Gasteiger partial charge in [-0.25, -0.2) is 0 Å². The Kier molecular flexibility index (Phi) is 8.13. The fourth-order valence-electron chi connectivity index (χ4n) is 1.03. The van der Waals surface area contributed by atoms with Crippen molar-refractivity contribution in [2.24, 2.45) is 0 Å². The van der Waals surface area contributed by atoms with Gasteiger partial charge in [-0.15, -0.1) is 0 Å². The number of hydroxylamine groups is 1. The molecule has 0 aromatic carbocycles. The van der Waals surface area contributed by atoms with Gasteiger partial charge in [0.1, 0.15) is 5.54 Å². The first-order valence-electron chi connectivity index (χ1n) is 5.30. The molecule has 2 unspecified atom stereocenters. The molecular formula is C13H19NO3. The van der Waals surface area contributed by atoms with Crippen LogP contribution in [-0.2, 0) is 4.74 Å². The molecular weight excluding hydrogens is 218 g/mol. The van der Waals surface area contributed by atoms with E-state index in [1.54, 1.807) is 19.1 Å². The molecule has 0 heterocycles. The minimum Gasteiger partial charge on any atom is -0.394 e. The fourth-order valence-corrected chi connectivity index (χ4v) is 1.03. The maximum absolute atomic E-state index is 8.93. The van der Waals surface area contributed by atoms with E-state index < -0.39 is 5.54 Å². The Morgan fingerprint density at radius 3 is 2.65 bits per heavy atom. The van der Waals surface area contributed by atoms with Gasteiger partial charge in [0.05, 0.1) is 12.7 Å². The van der Waals surface area contributed by atoms with Crippen molar-refractivity contribution >= 4 is 0 Å². The van der Waals surface area contributed by atoms with Crippen LogP contribution >= 0.6 is 0 Å². The molecule has 3 N–H and O–H groups in total. The molecule has 0 bridgehead atoms. The number of rotatable bonds is 5. The number of nitrogens with one attached hydrogen (secondary N) is 1. The van der Waals surface area contributed by atoms with Gasteiger partial charge in [-0.2, -0.15) is 5.48 Å². The number of aliphatic hydroxyl groups excluding tert-OH is 1. The largest absolute Gasteiger partial charge is 0.394 e. The minimum absolute atomic E-state index is 0.0624. The molecule has 0 fully saturated rings. The third-order valence-corrected chi connectivity index (χ3v) is 2.07. The van der Waals surface area contributed by atoms with Gasteiger partial charge < -0.3 is 15.1 Å². The minimum atomic E-state index is -0.791. The molecule has 0 aliphatic carbocycles. The van der Waals surface area contributed by atoms with Crippen LogP contribution < -0.4 is 5.48 Å². The van der Waals surface area contributed by atoms with Crippen molar-refractivity contribution in [1.29, 1.82) is 0 Å². The van der Waals surface area contributed by atoms with Crippen molar-refractivity contribution in [3.63, 3.8) is 0 Å². The van der Waals surface area contributed by atoms with E-state index in [9.17, 15) is 0 Å². The second-order valence-electron chi connectivity index (χ2n) is 3.61. The van der Waals surface area contributed by atoms with Crippen molar-refractivity contribution in [1.82, 2.24) is 5.48 Å². The average molecular weight is 237 g/mol. The van der Waals surface area contributed by atoms with Crippen LogP contribution in [0, 0.1) is 23.7 Å². The summed E-state index contributed by atoms with van der Waals surface area (Å²) in [5.74, 6) is 10.9. The van der Waals surface area contributed by atoms with Crippen LogP contribution in [0.3, 0.4) is 0 Å². The Morgan fingerprint density at radius 2 is 2.18 bits per heavy atom. The molecule has 0 aromatic heterocycles. The molecule has 2 atom stereocenters. The fraction of sp³-hybridized carbons (Fsp3) is 0.538. The zero-order chi connectivity index (χ0) is 13.1. The zero-order valence-corrected chi connectivity index (χ0v) is 10.4. The molecule has 94 valence electrons. The van der Waals surface area contributed by atoms with Gasteiger partial charge in [-0.3, -0.25) is 0 Å². The Hall–Kier alpha value is -1.30. The van der Waals surface area contributed by atoms with Crippen molar-refractivity contribution in [2.75, 3.05) is 13.7 Å². The smallest absolute Gasteiger partial charge is 0.119 e. The van der Waals surface area contributed by atoms with Crippen LogP contribution in [-0.4, -0.2) is 35.7 Å². The Labute approximate surface area is 103 Å². The van der Waals surface area contributed by atoms with Crippen molar-refractivity contribution in [3.05, 3.63) is 12.2 Å². The Morgan fingerprint density at radius 1 is 1.47 bits per heavy atom. The van der Waals surface area contributed by atoms with E-state index >= 15 is 0 Å². The van der Waals surface area contributed by atoms with Crippen LogP contribution in [0.25, 0.3) is 0 Å². The second-order valence-corrected chi connectivity index (χ2v) is 3.61. The third-order valence-electron chi connectivity index (χ3n) is 2.07. The molecule has 17 heavy (non-hydrogen) atoms. The monoisotopic (exact) mass is 237 g/mol. The van der Waals surface area contributed by atoms with E-state index in [4.69, 9.17) is 15.1 Å². The summed E-state index contributed by atoms with van der Waals surface area (Å²) in [4.78, 5) is 0. The highest BCUT2D eigenvalue weighted by atomic mass is 16.5. The topological polar surface area (TPSA) is 61.7 Å². The predicted octanol–water partition coefficient (Wildman–Crippen LogP) is 0.704. The van der Waals surface area contributed by atoms with E-state index in [0.717, 1.165) is 0 Å². The first-order valence-corrected chi connectivity index (χ1v) is 5.30. The molecule has 0 aromatic rings. The summed E-state index contributed by atoms with van der Waals surface area (Å²) in [6.45, 7) is 3.51. The first kappa shape index (κ1) is 15.7. The summed E-state index contributed by atoms with van der Waals surface area (Å²) in [5.41, 5.74) is 1.32. The van der Waals surface area contributed by atoms with Crippen LogP contribution in [0.4, 0.5) is 0 Å². The standard InChI is InChI=1S/C13H19NO3/c1-4-9-13(2,14-16)10-7-5-6-8-12(11-15)17-3/h4,9,12,14-16H,8,11H2,1-3H3/b9-4-. The van der Waals surface area contributed by atoms with Gasteiger partial charge in [0.2, 0.25) is 0 Å². The highest BCUT2D eigenvalue weighted by molar-refractivity contribution is 5.33. The second kappa shape index (κ2) is 8.81. The van der Waals surface area contributed by atoms with Gasteiger partial charge in [-0.1, -0.05) is 24.0 Å². The molecule has 0 rings (SSSR count). The van der Waals surface area contributed by atoms with E-state index in [-0.39, 0.29) is 12.7 Å². The van der Waals surface area contributed by atoms with Crippen LogP contribution in [0.15, 0.2) is 12.2 Å². The third kappa shape index (κ3) is 6.78. The quantitative estimate of drug-likeness (QED) is 0.374. The molecule has 4 heteroatoms. The van der Waals surface area contributed by atoms with Gasteiger partial charge in [0, 0.05) is 13.5 Å². The lowest BCUT2D eigenvalue weighted by atomic mass is 10.0. The lowest BCUT2D eigenvalue weighted by Crippen LogP contribution is -2.36. The Bertz CT molecular complexity index is 352. The summed E-state index contributed by atoms with van der Waals surface area (Å²) in [6.07, 6.45) is 3.67. The highest BCUT2D eigenvalue weighted by Crippen LogP contribution is 2.02. The zero-order valence-electron chi connectivity index (χ0n) is 10.4. The van der Waals surface area contributed by atoms with Crippen molar-refractivity contribution in [2.45, 2.75) is 31.9 Å². The summed E-state index contributed by atoms with van der Waals surface area (Å²) in [6, 6.07) is 0. The molecule has 0 amide bonds. The van der Waals surface area contributed by atoms with E-state index in [2.05, 4.69) is 29.2 Å². The number of ether oxygens (including phenoxy) is 1. The van der Waals surface area contributed by atoms with Gasteiger partial charge in [-0.05, 0) is 25.7 Å². The molecule has 0 aliphatic rings. The summed E-state index contributed by atoms with van der Waals surface area (Å²) in [5, 5.41) is 17.8.